The number of hydrogen-bond donors (Lipinski definition) is 1. The smallest absolute Gasteiger partial charge is 0.228 e. The number of nitrogens with zero attached hydrogens (tertiary/aromatic N) is 5. The van der Waals surface area contributed by atoms with Gasteiger partial charge in [-0.1, -0.05) is 18.2 Å². The number of nitrogens with one attached hydrogen (secondary N) is 1. The van der Waals surface area contributed by atoms with Crippen molar-refractivity contribution in [2.75, 3.05) is 18.4 Å². The van der Waals surface area contributed by atoms with Crippen LogP contribution in [0.1, 0.15) is 30.0 Å². The summed E-state index contributed by atoms with van der Waals surface area (Å²) in [6, 6.07) is 8.75. The van der Waals surface area contributed by atoms with Crippen LogP contribution in [0.25, 0.3) is 0 Å². The summed E-state index contributed by atoms with van der Waals surface area (Å²) in [6.45, 7) is 2.48. The average molecular weight is 364 g/mol. The summed E-state index contributed by atoms with van der Waals surface area (Å²) >= 11 is 0. The van der Waals surface area contributed by atoms with Crippen LogP contribution in [0, 0.1) is 5.82 Å². The van der Waals surface area contributed by atoms with Crippen LogP contribution >= 0.6 is 0 Å². The highest BCUT2D eigenvalue weighted by Gasteiger charge is 2.22. The summed E-state index contributed by atoms with van der Waals surface area (Å²) in [6.07, 6.45) is 8.82. The molecule has 1 aromatic carbocycles. The average Bonchev–Trinajstić information content (AvgIpc) is 2.71. The summed E-state index contributed by atoms with van der Waals surface area (Å²) in [4.78, 5) is 19.6. The van der Waals surface area contributed by atoms with Crippen LogP contribution in [-0.4, -0.2) is 37.9 Å². The van der Waals surface area contributed by atoms with Gasteiger partial charge in [0.05, 0.1) is 11.9 Å². The molecular weight excluding hydrogens is 343 g/mol. The fourth-order valence-corrected chi connectivity index (χ4v) is 3.37. The second-order valence-corrected chi connectivity index (χ2v) is 6.67. The number of anilines is 2. The molecule has 0 aliphatic carbocycles. The zero-order valence-electron chi connectivity index (χ0n) is 14.9. The predicted octanol–water partition coefficient (Wildman–Crippen LogP) is 3.53. The van der Waals surface area contributed by atoms with Crippen LogP contribution in [0.4, 0.5) is 16.2 Å². The zero-order chi connectivity index (χ0) is 18.5. The van der Waals surface area contributed by atoms with Gasteiger partial charge in [-0.2, -0.15) is 0 Å². The molecule has 27 heavy (non-hydrogen) atoms. The Morgan fingerprint density at radius 2 is 1.81 bits per heavy atom. The first-order valence-electron chi connectivity index (χ1n) is 9.09. The monoisotopic (exact) mass is 364 g/mol. The van der Waals surface area contributed by atoms with E-state index in [0.717, 1.165) is 37.2 Å². The fourth-order valence-electron chi connectivity index (χ4n) is 3.37. The number of rotatable bonds is 5. The minimum atomic E-state index is -0.132. The third kappa shape index (κ3) is 4.43. The van der Waals surface area contributed by atoms with Crippen LogP contribution in [0.5, 0.6) is 0 Å². The molecule has 7 heteroatoms. The SMILES string of the molecule is Fc1ccccc1CN1CCC(c2cncc(Nc3ncccn3)n2)CC1. The van der Waals surface area contributed by atoms with Crippen LogP contribution in [-0.2, 0) is 6.54 Å². The van der Waals surface area contributed by atoms with Gasteiger partial charge in [0.2, 0.25) is 5.95 Å². The highest BCUT2D eigenvalue weighted by molar-refractivity contribution is 5.45. The normalized spacial score (nSPS) is 15.6. The summed E-state index contributed by atoms with van der Waals surface area (Å²) < 4.78 is 13.8. The number of benzene rings is 1. The molecule has 0 spiro atoms. The Bertz CT molecular complexity index is 880. The molecule has 2 aromatic heterocycles. The van der Waals surface area contributed by atoms with Crippen LogP contribution in [0.2, 0.25) is 0 Å². The van der Waals surface area contributed by atoms with E-state index in [0.29, 0.717) is 24.2 Å². The Balaban J connectivity index is 1.37. The van der Waals surface area contributed by atoms with E-state index in [4.69, 9.17) is 0 Å². The quantitative estimate of drug-likeness (QED) is 0.747. The first-order chi connectivity index (χ1) is 13.3. The molecule has 3 heterocycles. The van der Waals surface area contributed by atoms with Crippen molar-refractivity contribution in [2.45, 2.75) is 25.3 Å². The second kappa shape index (κ2) is 8.18. The highest BCUT2D eigenvalue weighted by atomic mass is 19.1. The van der Waals surface area contributed by atoms with Crippen LogP contribution in [0.3, 0.4) is 0 Å². The van der Waals surface area contributed by atoms with E-state index >= 15 is 0 Å². The molecule has 1 aliphatic heterocycles. The van der Waals surface area contributed by atoms with Crippen molar-refractivity contribution in [3.63, 3.8) is 0 Å². The van der Waals surface area contributed by atoms with Crippen molar-refractivity contribution in [2.24, 2.45) is 0 Å². The molecule has 1 N–H and O–H groups in total. The first kappa shape index (κ1) is 17.5. The van der Waals surface area contributed by atoms with Gasteiger partial charge in [-0.3, -0.25) is 9.88 Å². The lowest BCUT2D eigenvalue weighted by molar-refractivity contribution is 0.201. The molecule has 1 saturated heterocycles. The fraction of sp³-hybridized carbons (Fsp3) is 0.300. The molecule has 3 aromatic rings. The minimum absolute atomic E-state index is 0.132. The van der Waals surface area contributed by atoms with Gasteiger partial charge in [0.1, 0.15) is 5.82 Å². The van der Waals surface area contributed by atoms with Gasteiger partial charge >= 0.3 is 0 Å². The maximum absolute atomic E-state index is 13.8. The van der Waals surface area contributed by atoms with Gasteiger partial charge in [-0.25, -0.2) is 19.3 Å². The Kier molecular flexibility index (Phi) is 5.29. The standard InChI is InChI=1S/C20H21FN6/c21-17-5-2-1-4-16(17)14-27-10-6-15(7-11-27)18-12-22-13-19(25-18)26-20-23-8-3-9-24-20/h1-5,8-9,12-13,15H,6-7,10-11,14H2,(H,23,24,25,26). The number of hydrogen-bond acceptors (Lipinski definition) is 6. The third-order valence-corrected chi connectivity index (χ3v) is 4.82. The minimum Gasteiger partial charge on any atom is -0.307 e. The van der Waals surface area contributed by atoms with E-state index in [2.05, 4.69) is 30.2 Å². The maximum atomic E-state index is 13.8. The lowest BCUT2D eigenvalue weighted by Crippen LogP contribution is -2.33. The summed E-state index contributed by atoms with van der Waals surface area (Å²) in [5, 5.41) is 3.08. The van der Waals surface area contributed by atoms with Gasteiger partial charge in [-0.05, 0) is 38.1 Å². The lowest BCUT2D eigenvalue weighted by atomic mass is 9.93. The Labute approximate surface area is 157 Å². The van der Waals surface area contributed by atoms with E-state index in [9.17, 15) is 4.39 Å². The van der Waals surface area contributed by atoms with Crippen LogP contribution < -0.4 is 5.32 Å². The van der Waals surface area contributed by atoms with E-state index in [1.165, 1.54) is 6.07 Å². The molecule has 0 saturated carbocycles. The van der Waals surface area contributed by atoms with Crippen molar-refractivity contribution in [1.29, 1.82) is 0 Å². The zero-order valence-corrected chi connectivity index (χ0v) is 14.9. The molecule has 6 nitrogen and oxygen atoms in total. The molecular formula is C20H21FN6. The van der Waals surface area contributed by atoms with E-state index < -0.39 is 0 Å². The van der Waals surface area contributed by atoms with E-state index in [1.54, 1.807) is 30.7 Å². The van der Waals surface area contributed by atoms with E-state index in [-0.39, 0.29) is 5.82 Å². The second-order valence-electron chi connectivity index (χ2n) is 6.67. The topological polar surface area (TPSA) is 66.8 Å². The van der Waals surface area contributed by atoms with E-state index in [1.807, 2.05) is 18.3 Å². The number of likely N-dealkylation sites (tertiary alicyclic amines) is 1. The van der Waals surface area contributed by atoms with Gasteiger partial charge in [0.25, 0.3) is 0 Å². The summed E-state index contributed by atoms with van der Waals surface area (Å²) in [7, 11) is 0. The Morgan fingerprint density at radius 3 is 2.59 bits per heavy atom. The van der Waals surface area contributed by atoms with Crippen molar-refractivity contribution in [3.05, 3.63) is 72.2 Å². The van der Waals surface area contributed by atoms with Gasteiger partial charge in [0.15, 0.2) is 5.82 Å². The summed E-state index contributed by atoms with van der Waals surface area (Å²) in [5.74, 6) is 1.37. The number of aromatic nitrogens is 4. The van der Waals surface area contributed by atoms with Crippen molar-refractivity contribution in [3.8, 4) is 0 Å². The molecule has 1 fully saturated rings. The number of halogens is 1. The van der Waals surface area contributed by atoms with Gasteiger partial charge < -0.3 is 5.32 Å². The van der Waals surface area contributed by atoms with Gasteiger partial charge in [-0.15, -0.1) is 0 Å². The number of piperidine rings is 1. The summed E-state index contributed by atoms with van der Waals surface area (Å²) in [5.41, 5.74) is 1.73. The highest BCUT2D eigenvalue weighted by Crippen LogP contribution is 2.28. The lowest BCUT2D eigenvalue weighted by Gasteiger charge is -2.31. The van der Waals surface area contributed by atoms with Crippen molar-refractivity contribution < 1.29 is 4.39 Å². The van der Waals surface area contributed by atoms with Crippen molar-refractivity contribution >= 4 is 11.8 Å². The van der Waals surface area contributed by atoms with Crippen molar-refractivity contribution in [1.82, 2.24) is 24.8 Å². The molecule has 1 aliphatic rings. The molecule has 0 unspecified atom stereocenters. The molecule has 0 radical (unpaired) electrons. The molecule has 138 valence electrons. The molecule has 0 amide bonds. The largest absolute Gasteiger partial charge is 0.307 e. The molecule has 4 rings (SSSR count). The predicted molar refractivity (Wildman–Crippen MR) is 101 cm³/mol. The van der Waals surface area contributed by atoms with Crippen LogP contribution in [0.15, 0.2) is 55.1 Å². The molecule has 0 atom stereocenters. The Hall–Kier alpha value is -2.93. The maximum Gasteiger partial charge on any atom is 0.228 e. The first-order valence-corrected chi connectivity index (χ1v) is 9.09. The third-order valence-electron chi connectivity index (χ3n) is 4.82. The Morgan fingerprint density at radius 1 is 1.04 bits per heavy atom. The van der Waals surface area contributed by atoms with Gasteiger partial charge in [0, 0.05) is 36.6 Å². The molecule has 0 bridgehead atoms.